The minimum absolute atomic E-state index is 0.0484. The molecule has 1 aromatic heterocycles. The highest BCUT2D eigenvalue weighted by molar-refractivity contribution is 6.30. The lowest BCUT2D eigenvalue weighted by Gasteiger charge is -2.35. The van der Waals surface area contributed by atoms with Crippen LogP contribution in [0.4, 0.5) is 4.39 Å². The Morgan fingerprint density at radius 2 is 2.04 bits per heavy atom. The summed E-state index contributed by atoms with van der Waals surface area (Å²) in [6, 6.07) is 5.89. The van der Waals surface area contributed by atoms with E-state index in [-0.39, 0.29) is 34.4 Å². The van der Waals surface area contributed by atoms with Crippen LogP contribution in [0.15, 0.2) is 36.7 Å². The molecule has 25 heavy (non-hydrogen) atoms. The Labute approximate surface area is 150 Å². The normalized spacial score (nSPS) is 28.8. The van der Waals surface area contributed by atoms with Gasteiger partial charge >= 0.3 is 0 Å². The molecule has 4 atom stereocenters. The molecule has 1 aliphatic carbocycles. The Kier molecular flexibility index (Phi) is 4.25. The first-order valence-electron chi connectivity index (χ1n) is 8.44. The molecule has 2 aliphatic rings. The molecular formula is C18H19ClFN3O2. The van der Waals surface area contributed by atoms with E-state index in [1.54, 1.807) is 15.8 Å². The summed E-state index contributed by atoms with van der Waals surface area (Å²) in [6.45, 7) is 1.13. The van der Waals surface area contributed by atoms with E-state index in [0.717, 1.165) is 12.5 Å². The zero-order chi connectivity index (χ0) is 17.6. The van der Waals surface area contributed by atoms with E-state index < -0.39 is 11.9 Å². The van der Waals surface area contributed by atoms with Gasteiger partial charge in [0.15, 0.2) is 0 Å². The second-order valence-corrected chi connectivity index (χ2v) is 7.38. The van der Waals surface area contributed by atoms with E-state index in [1.807, 2.05) is 12.3 Å². The number of aliphatic hydroxyl groups excluding tert-OH is 1. The summed E-state index contributed by atoms with van der Waals surface area (Å²) >= 11 is 5.76. The Bertz CT molecular complexity index is 783. The summed E-state index contributed by atoms with van der Waals surface area (Å²) in [7, 11) is 0. The van der Waals surface area contributed by atoms with E-state index >= 15 is 0 Å². The number of aliphatic hydroxyl groups is 1. The number of aromatic nitrogens is 2. The van der Waals surface area contributed by atoms with Crippen LogP contribution in [0, 0.1) is 17.7 Å². The topological polar surface area (TPSA) is 58.4 Å². The van der Waals surface area contributed by atoms with Gasteiger partial charge in [-0.25, -0.2) is 4.39 Å². The van der Waals surface area contributed by atoms with Gasteiger partial charge in [-0.1, -0.05) is 11.6 Å². The average Bonchev–Trinajstić information content (AvgIpc) is 3.22. The zero-order valence-electron chi connectivity index (χ0n) is 13.6. The van der Waals surface area contributed by atoms with Crippen LogP contribution in [0.2, 0.25) is 5.02 Å². The van der Waals surface area contributed by atoms with E-state index in [0.29, 0.717) is 19.5 Å². The molecule has 0 spiro atoms. The molecule has 0 bridgehead atoms. The lowest BCUT2D eigenvalue weighted by molar-refractivity contribution is 0.0306. The largest absolute Gasteiger partial charge is 0.391 e. The van der Waals surface area contributed by atoms with Crippen molar-refractivity contribution < 1.29 is 14.3 Å². The van der Waals surface area contributed by atoms with Crippen LogP contribution in [-0.4, -0.2) is 44.9 Å². The van der Waals surface area contributed by atoms with E-state index in [9.17, 15) is 14.3 Å². The van der Waals surface area contributed by atoms with E-state index in [2.05, 4.69) is 5.10 Å². The molecule has 1 amide bonds. The Hall–Kier alpha value is -1.92. The number of carbonyl (C=O) groups is 1. The number of halogens is 2. The van der Waals surface area contributed by atoms with Crippen LogP contribution in [-0.2, 0) is 0 Å². The third kappa shape index (κ3) is 3.04. The van der Waals surface area contributed by atoms with Crippen molar-refractivity contribution in [3.8, 4) is 0 Å². The van der Waals surface area contributed by atoms with Gasteiger partial charge in [-0.2, -0.15) is 5.10 Å². The van der Waals surface area contributed by atoms with Crippen molar-refractivity contribution >= 4 is 17.5 Å². The molecule has 1 saturated heterocycles. The molecule has 7 heteroatoms. The third-order valence-corrected chi connectivity index (χ3v) is 5.66. The van der Waals surface area contributed by atoms with Crippen molar-refractivity contribution in [3.05, 3.63) is 53.1 Å². The number of benzene rings is 1. The third-order valence-electron chi connectivity index (χ3n) is 5.42. The van der Waals surface area contributed by atoms with Crippen molar-refractivity contribution in [3.63, 3.8) is 0 Å². The number of carbonyl (C=O) groups excluding carboxylic acids is 1. The first kappa shape index (κ1) is 16.5. The maximum absolute atomic E-state index is 14.1. The van der Waals surface area contributed by atoms with Crippen LogP contribution >= 0.6 is 11.6 Å². The standard InChI is InChI=1S/C18H19ClFN3O2/c19-13-2-3-14(15(20)8-13)18(25)22-9-11-6-16(23-5-1-4-21-23)17(24)7-12(11)10-22/h1-5,8,11-12,16-17,24H,6-7,9-10H2/t11-,12+,16-,17-/m1/s1. The number of hydrogen-bond acceptors (Lipinski definition) is 3. The molecule has 5 nitrogen and oxygen atoms in total. The number of amides is 1. The molecule has 2 fully saturated rings. The summed E-state index contributed by atoms with van der Waals surface area (Å²) in [5.74, 6) is -0.381. The van der Waals surface area contributed by atoms with Crippen LogP contribution in [0.3, 0.4) is 0 Å². The van der Waals surface area contributed by atoms with Crippen LogP contribution in [0.25, 0.3) is 0 Å². The molecule has 132 valence electrons. The van der Waals surface area contributed by atoms with E-state index in [4.69, 9.17) is 11.6 Å². The minimum atomic E-state index is -0.596. The van der Waals surface area contributed by atoms with Crippen molar-refractivity contribution in [2.45, 2.75) is 25.0 Å². The van der Waals surface area contributed by atoms with Crippen molar-refractivity contribution in [2.24, 2.45) is 11.8 Å². The smallest absolute Gasteiger partial charge is 0.256 e. The average molecular weight is 364 g/mol. The SMILES string of the molecule is O=C(c1ccc(Cl)cc1F)N1C[C@H]2C[C@@H](n3cccn3)[C@H](O)C[C@H]2C1. The van der Waals surface area contributed by atoms with Gasteiger partial charge in [-0.15, -0.1) is 0 Å². The highest BCUT2D eigenvalue weighted by Crippen LogP contribution is 2.41. The molecule has 1 saturated carbocycles. The summed E-state index contributed by atoms with van der Waals surface area (Å²) in [5, 5.41) is 15.0. The van der Waals surface area contributed by atoms with Gasteiger partial charge in [0, 0.05) is 30.5 Å². The molecule has 4 rings (SSSR count). The summed E-state index contributed by atoms with van der Waals surface area (Å²) in [4.78, 5) is 14.4. The lowest BCUT2D eigenvalue weighted by Crippen LogP contribution is -2.36. The zero-order valence-corrected chi connectivity index (χ0v) is 14.3. The fourth-order valence-electron chi connectivity index (χ4n) is 4.17. The lowest BCUT2D eigenvalue weighted by atomic mass is 9.77. The Morgan fingerprint density at radius 3 is 2.72 bits per heavy atom. The van der Waals surface area contributed by atoms with Crippen LogP contribution in [0.1, 0.15) is 29.2 Å². The first-order valence-corrected chi connectivity index (χ1v) is 8.82. The number of hydrogen-bond donors (Lipinski definition) is 1. The monoisotopic (exact) mass is 363 g/mol. The second-order valence-electron chi connectivity index (χ2n) is 6.95. The minimum Gasteiger partial charge on any atom is -0.391 e. The Balaban J connectivity index is 1.50. The molecule has 1 N–H and O–H groups in total. The summed E-state index contributed by atoms with van der Waals surface area (Å²) < 4.78 is 15.8. The molecule has 2 aromatic rings. The van der Waals surface area contributed by atoms with Gasteiger partial charge in [-0.3, -0.25) is 9.48 Å². The maximum Gasteiger partial charge on any atom is 0.256 e. The summed E-state index contributed by atoms with van der Waals surface area (Å²) in [5.41, 5.74) is 0.0484. The predicted molar refractivity (Wildman–Crippen MR) is 90.8 cm³/mol. The predicted octanol–water partition coefficient (Wildman–Crippen LogP) is 2.76. The molecular weight excluding hydrogens is 345 g/mol. The van der Waals surface area contributed by atoms with E-state index in [1.165, 1.54) is 12.1 Å². The molecule has 0 radical (unpaired) electrons. The fourth-order valence-corrected chi connectivity index (χ4v) is 4.33. The molecule has 0 unspecified atom stereocenters. The van der Waals surface area contributed by atoms with Gasteiger partial charge in [0.2, 0.25) is 0 Å². The number of fused-ring (bicyclic) bond motifs is 1. The quantitative estimate of drug-likeness (QED) is 0.892. The highest BCUT2D eigenvalue weighted by atomic mass is 35.5. The number of likely N-dealkylation sites (tertiary alicyclic amines) is 1. The van der Waals surface area contributed by atoms with Gasteiger partial charge in [0.25, 0.3) is 5.91 Å². The number of nitrogens with zero attached hydrogens (tertiary/aromatic N) is 3. The maximum atomic E-state index is 14.1. The van der Waals surface area contributed by atoms with Gasteiger partial charge in [0.05, 0.1) is 17.7 Å². The van der Waals surface area contributed by atoms with Crippen molar-refractivity contribution in [1.82, 2.24) is 14.7 Å². The van der Waals surface area contributed by atoms with Gasteiger partial charge < -0.3 is 10.0 Å². The first-order chi connectivity index (χ1) is 12.0. The van der Waals surface area contributed by atoms with Crippen molar-refractivity contribution in [1.29, 1.82) is 0 Å². The highest BCUT2D eigenvalue weighted by Gasteiger charge is 2.44. The fraction of sp³-hybridized carbons (Fsp3) is 0.444. The van der Waals surface area contributed by atoms with Crippen molar-refractivity contribution in [2.75, 3.05) is 13.1 Å². The van der Waals surface area contributed by atoms with Crippen LogP contribution < -0.4 is 0 Å². The Morgan fingerprint density at radius 1 is 1.28 bits per heavy atom. The van der Waals surface area contributed by atoms with Gasteiger partial charge in [-0.05, 0) is 48.9 Å². The molecule has 1 aromatic carbocycles. The number of rotatable bonds is 2. The molecule has 2 heterocycles. The van der Waals surface area contributed by atoms with Gasteiger partial charge in [0.1, 0.15) is 5.82 Å². The summed E-state index contributed by atoms with van der Waals surface area (Å²) in [6.07, 6.45) is 4.47. The second kappa shape index (κ2) is 6.42. The molecule has 1 aliphatic heterocycles. The van der Waals surface area contributed by atoms with Crippen LogP contribution in [0.5, 0.6) is 0 Å².